The number of benzene rings is 2. The Morgan fingerprint density at radius 1 is 1.18 bits per heavy atom. The zero-order valence-electron chi connectivity index (χ0n) is 19.0. The second-order valence-corrected chi connectivity index (χ2v) is 8.29. The lowest BCUT2D eigenvalue weighted by Gasteiger charge is -2.20. The lowest BCUT2D eigenvalue weighted by molar-refractivity contribution is 0.139. The van der Waals surface area contributed by atoms with Crippen molar-refractivity contribution in [2.75, 3.05) is 31.4 Å². The van der Waals surface area contributed by atoms with Crippen LogP contribution in [0, 0.1) is 6.92 Å². The minimum Gasteiger partial charge on any atom is -0.493 e. The number of rotatable bonds is 6. The molecule has 1 saturated heterocycles. The van der Waals surface area contributed by atoms with Crippen LogP contribution in [0.1, 0.15) is 30.8 Å². The molecule has 4 aromatic rings. The highest BCUT2D eigenvalue weighted by Crippen LogP contribution is 2.37. The second-order valence-electron chi connectivity index (χ2n) is 8.29. The first-order valence-electron chi connectivity index (χ1n) is 11.0. The van der Waals surface area contributed by atoms with Crippen LogP contribution in [0.2, 0.25) is 0 Å². The molecule has 170 valence electrons. The third-order valence-corrected chi connectivity index (χ3v) is 5.88. The minimum atomic E-state index is -0.0518. The van der Waals surface area contributed by atoms with Crippen LogP contribution in [0.5, 0.6) is 11.5 Å². The number of hydrogen-bond donors (Lipinski definition) is 2. The van der Waals surface area contributed by atoms with Gasteiger partial charge in [-0.1, -0.05) is 6.07 Å². The number of hydrogen-bond acceptors (Lipinski definition) is 8. The van der Waals surface area contributed by atoms with E-state index in [1.165, 1.54) is 0 Å². The summed E-state index contributed by atoms with van der Waals surface area (Å²) < 4.78 is 17.2. The average Bonchev–Trinajstić information content (AvgIpc) is 3.32. The molecular weight excluding hydrogens is 418 g/mol. The monoisotopic (exact) mass is 445 g/mol. The number of nitrogens with one attached hydrogen (secondary N) is 1. The summed E-state index contributed by atoms with van der Waals surface area (Å²) in [6.45, 7) is 5.24. The van der Waals surface area contributed by atoms with Gasteiger partial charge in [-0.3, -0.25) is 4.98 Å². The van der Waals surface area contributed by atoms with Crippen molar-refractivity contribution in [3.05, 3.63) is 54.0 Å². The van der Waals surface area contributed by atoms with Gasteiger partial charge in [-0.2, -0.15) is 0 Å². The number of fused-ring (bicyclic) bond motifs is 2. The van der Waals surface area contributed by atoms with Crippen molar-refractivity contribution in [3.63, 3.8) is 0 Å². The van der Waals surface area contributed by atoms with Gasteiger partial charge in [0.25, 0.3) is 0 Å². The molecule has 8 heteroatoms. The summed E-state index contributed by atoms with van der Waals surface area (Å²) >= 11 is 0. The van der Waals surface area contributed by atoms with Gasteiger partial charge in [0, 0.05) is 29.5 Å². The Morgan fingerprint density at radius 2 is 2.06 bits per heavy atom. The summed E-state index contributed by atoms with van der Waals surface area (Å²) in [4.78, 5) is 13.7. The van der Waals surface area contributed by atoms with Crippen LogP contribution in [0.4, 0.5) is 11.5 Å². The molecule has 3 N–H and O–H groups in total. The molecule has 8 nitrogen and oxygen atoms in total. The summed E-state index contributed by atoms with van der Waals surface area (Å²) in [6, 6.07) is 11.8. The van der Waals surface area contributed by atoms with Crippen molar-refractivity contribution in [2.24, 2.45) is 0 Å². The van der Waals surface area contributed by atoms with Gasteiger partial charge in [-0.15, -0.1) is 0 Å². The number of aryl methyl sites for hydroxylation is 1. The van der Waals surface area contributed by atoms with E-state index in [2.05, 4.69) is 28.3 Å². The largest absolute Gasteiger partial charge is 0.493 e. The predicted molar refractivity (Wildman–Crippen MR) is 129 cm³/mol. The van der Waals surface area contributed by atoms with Crippen molar-refractivity contribution < 1.29 is 14.2 Å². The molecule has 2 aromatic carbocycles. The Morgan fingerprint density at radius 3 is 2.85 bits per heavy atom. The molecular formula is C25H27N5O3. The number of nitrogen functional groups attached to an aromatic ring is 1. The smallest absolute Gasteiger partial charge is 0.162 e. The molecule has 33 heavy (non-hydrogen) atoms. The van der Waals surface area contributed by atoms with Crippen molar-refractivity contribution in [2.45, 2.75) is 32.4 Å². The topological polar surface area (TPSA) is 104 Å². The third-order valence-electron chi connectivity index (χ3n) is 5.88. The normalized spacial score (nSPS) is 16.8. The van der Waals surface area contributed by atoms with E-state index in [0.29, 0.717) is 36.2 Å². The maximum Gasteiger partial charge on any atom is 0.162 e. The van der Waals surface area contributed by atoms with Crippen LogP contribution in [0.15, 0.2) is 42.6 Å². The summed E-state index contributed by atoms with van der Waals surface area (Å²) in [6.07, 6.45) is 2.61. The van der Waals surface area contributed by atoms with E-state index in [1.807, 2.05) is 37.3 Å². The summed E-state index contributed by atoms with van der Waals surface area (Å²) in [5.41, 5.74) is 9.57. The van der Waals surface area contributed by atoms with E-state index in [0.717, 1.165) is 39.6 Å². The molecule has 2 atom stereocenters. The molecule has 0 radical (unpaired) electrons. The van der Waals surface area contributed by atoms with E-state index in [4.69, 9.17) is 24.9 Å². The minimum absolute atomic E-state index is 0.00670. The van der Waals surface area contributed by atoms with E-state index in [-0.39, 0.29) is 12.1 Å². The predicted octanol–water partition coefficient (Wildman–Crippen LogP) is 4.42. The van der Waals surface area contributed by atoms with E-state index < -0.39 is 0 Å². The van der Waals surface area contributed by atoms with E-state index in [9.17, 15) is 0 Å². The fourth-order valence-electron chi connectivity index (χ4n) is 4.18. The fourth-order valence-corrected chi connectivity index (χ4v) is 4.18. The van der Waals surface area contributed by atoms with Crippen LogP contribution in [-0.2, 0) is 4.74 Å². The first-order chi connectivity index (χ1) is 16.0. The first-order valence-corrected chi connectivity index (χ1v) is 11.0. The van der Waals surface area contributed by atoms with Gasteiger partial charge in [0.2, 0.25) is 0 Å². The van der Waals surface area contributed by atoms with Gasteiger partial charge in [0.15, 0.2) is 11.5 Å². The summed E-state index contributed by atoms with van der Waals surface area (Å²) in [7, 11) is 1.63. The van der Waals surface area contributed by atoms with Crippen LogP contribution in [0.3, 0.4) is 0 Å². The van der Waals surface area contributed by atoms with Crippen molar-refractivity contribution >= 4 is 33.3 Å². The van der Waals surface area contributed by atoms with Gasteiger partial charge in [-0.25, -0.2) is 9.97 Å². The maximum atomic E-state index is 6.28. The van der Waals surface area contributed by atoms with Crippen LogP contribution >= 0.6 is 0 Å². The Labute approximate surface area is 192 Å². The standard InChI is InChI=1S/C25H27N5O3/c1-14(17-9-16-5-4-7-27-24(16)20(26)10-17)28-25-19-11-23(33-18-6-8-32-13-18)22(31-3)12-21(19)29-15(2)30-25/h4-5,7,9-12,14,18H,6,8,13,26H2,1-3H3,(H,28,29,30)/t14-,18-/m0/s1. The molecule has 0 amide bonds. The van der Waals surface area contributed by atoms with Crippen molar-refractivity contribution in [3.8, 4) is 11.5 Å². The van der Waals surface area contributed by atoms with E-state index >= 15 is 0 Å². The highest BCUT2D eigenvalue weighted by Gasteiger charge is 2.21. The lowest BCUT2D eigenvalue weighted by atomic mass is 10.0. The number of ether oxygens (including phenoxy) is 3. The molecule has 2 aromatic heterocycles. The van der Waals surface area contributed by atoms with Crippen LogP contribution in [0.25, 0.3) is 21.8 Å². The number of nitrogens with zero attached hydrogens (tertiary/aromatic N) is 3. The highest BCUT2D eigenvalue weighted by atomic mass is 16.6. The summed E-state index contributed by atoms with van der Waals surface area (Å²) in [5.74, 6) is 2.69. The highest BCUT2D eigenvalue weighted by molar-refractivity contribution is 5.92. The van der Waals surface area contributed by atoms with Gasteiger partial charge in [0.1, 0.15) is 17.7 Å². The quantitative estimate of drug-likeness (QED) is 0.420. The Balaban J connectivity index is 1.52. The lowest BCUT2D eigenvalue weighted by Crippen LogP contribution is -2.16. The fraction of sp³-hybridized carbons (Fsp3) is 0.320. The van der Waals surface area contributed by atoms with Crippen molar-refractivity contribution in [1.82, 2.24) is 15.0 Å². The molecule has 0 saturated carbocycles. The van der Waals surface area contributed by atoms with Gasteiger partial charge in [0.05, 0.1) is 43.1 Å². The zero-order chi connectivity index (χ0) is 22.9. The number of aromatic nitrogens is 3. The molecule has 1 aliphatic heterocycles. The summed E-state index contributed by atoms with van der Waals surface area (Å²) in [5, 5.41) is 5.41. The van der Waals surface area contributed by atoms with E-state index in [1.54, 1.807) is 13.3 Å². The number of anilines is 2. The number of pyridine rings is 1. The molecule has 1 aliphatic rings. The zero-order valence-corrected chi connectivity index (χ0v) is 19.0. The SMILES string of the molecule is COc1cc2nc(C)nc(N[C@@H](C)c3cc(N)c4ncccc4c3)c2cc1O[C@H]1CCOC1. The third kappa shape index (κ3) is 4.21. The first kappa shape index (κ1) is 21.2. The second kappa shape index (κ2) is 8.71. The Kier molecular flexibility index (Phi) is 5.60. The van der Waals surface area contributed by atoms with Crippen molar-refractivity contribution in [1.29, 1.82) is 0 Å². The molecule has 0 bridgehead atoms. The molecule has 0 unspecified atom stereocenters. The van der Waals surface area contributed by atoms with Gasteiger partial charge >= 0.3 is 0 Å². The van der Waals surface area contributed by atoms with Crippen LogP contribution in [-0.4, -0.2) is 41.4 Å². The van der Waals surface area contributed by atoms with Gasteiger partial charge < -0.3 is 25.3 Å². The average molecular weight is 446 g/mol. The maximum absolute atomic E-state index is 6.28. The molecule has 3 heterocycles. The Bertz CT molecular complexity index is 1320. The Hall–Kier alpha value is -3.65. The number of nitrogens with two attached hydrogens (primary N) is 1. The molecule has 5 rings (SSSR count). The number of methoxy groups -OCH3 is 1. The van der Waals surface area contributed by atoms with Crippen LogP contribution < -0.4 is 20.5 Å². The van der Waals surface area contributed by atoms with Gasteiger partial charge in [-0.05, 0) is 43.7 Å². The molecule has 1 fully saturated rings. The molecule has 0 aliphatic carbocycles. The molecule has 0 spiro atoms.